The second-order valence-corrected chi connectivity index (χ2v) is 4.25. The van der Waals surface area contributed by atoms with Gasteiger partial charge in [0.25, 0.3) is 0 Å². The summed E-state index contributed by atoms with van der Waals surface area (Å²) >= 11 is 0. The Morgan fingerprint density at radius 3 is 2.63 bits per heavy atom. The fraction of sp³-hybridized carbons (Fsp3) is 0.0625. The number of aryl methyl sites for hydroxylation is 1. The largest absolute Gasteiger partial charge is 0.506 e. The molecule has 96 valence electrons. The number of benzene rings is 2. The molecule has 0 radical (unpaired) electrons. The van der Waals surface area contributed by atoms with E-state index >= 15 is 0 Å². The highest BCUT2D eigenvalue weighted by molar-refractivity contribution is 6.02. The lowest BCUT2D eigenvalue weighted by molar-refractivity contribution is -0.111. The Morgan fingerprint density at radius 1 is 1.16 bits per heavy atom. The van der Waals surface area contributed by atoms with Crippen molar-refractivity contribution in [2.45, 2.75) is 6.92 Å². The van der Waals surface area contributed by atoms with E-state index in [4.69, 9.17) is 0 Å². The van der Waals surface area contributed by atoms with Crippen LogP contribution in [0.1, 0.15) is 11.1 Å². The van der Waals surface area contributed by atoms with Crippen LogP contribution in [0.4, 0.5) is 5.69 Å². The molecule has 2 rings (SSSR count). The van der Waals surface area contributed by atoms with Gasteiger partial charge in [-0.2, -0.15) is 0 Å². The maximum absolute atomic E-state index is 11.7. The molecule has 0 unspecified atom stereocenters. The van der Waals surface area contributed by atoms with E-state index in [0.717, 1.165) is 11.1 Å². The Morgan fingerprint density at radius 2 is 1.89 bits per heavy atom. The Labute approximate surface area is 112 Å². The van der Waals surface area contributed by atoms with Crippen molar-refractivity contribution in [2.75, 3.05) is 5.32 Å². The van der Waals surface area contributed by atoms with E-state index in [0.29, 0.717) is 5.69 Å². The van der Waals surface area contributed by atoms with Crippen LogP contribution in [0.25, 0.3) is 6.08 Å². The van der Waals surface area contributed by atoms with Crippen LogP contribution in [0.15, 0.2) is 54.6 Å². The average molecular weight is 253 g/mol. The molecule has 2 N–H and O–H groups in total. The molecule has 1 amide bonds. The van der Waals surface area contributed by atoms with Gasteiger partial charge in [-0.05, 0) is 36.3 Å². The summed E-state index contributed by atoms with van der Waals surface area (Å²) in [6.07, 6.45) is 3.17. The predicted molar refractivity (Wildman–Crippen MR) is 76.9 cm³/mol. The number of carbonyl (C=O) groups excluding carboxylic acids is 1. The summed E-state index contributed by atoms with van der Waals surface area (Å²) in [5, 5.41) is 12.3. The first kappa shape index (κ1) is 12.9. The fourth-order valence-corrected chi connectivity index (χ4v) is 1.66. The average Bonchev–Trinajstić information content (AvgIpc) is 2.42. The van der Waals surface area contributed by atoms with Crippen molar-refractivity contribution in [3.05, 3.63) is 65.7 Å². The summed E-state index contributed by atoms with van der Waals surface area (Å²) in [5.74, 6) is -0.211. The van der Waals surface area contributed by atoms with Crippen LogP contribution < -0.4 is 5.32 Å². The van der Waals surface area contributed by atoms with Crippen molar-refractivity contribution < 1.29 is 9.90 Å². The van der Waals surface area contributed by atoms with Gasteiger partial charge in [-0.3, -0.25) is 4.79 Å². The SMILES string of the molecule is Cc1ccc(O)c(NC(=O)/C=C/c2ccccc2)c1. The molecular weight excluding hydrogens is 238 g/mol. The molecule has 2 aromatic carbocycles. The number of nitrogens with one attached hydrogen (secondary N) is 1. The van der Waals surface area contributed by atoms with Gasteiger partial charge in [0, 0.05) is 6.08 Å². The molecule has 0 spiro atoms. The van der Waals surface area contributed by atoms with E-state index < -0.39 is 0 Å². The molecule has 0 aliphatic carbocycles. The van der Waals surface area contributed by atoms with Crippen molar-refractivity contribution in [3.63, 3.8) is 0 Å². The smallest absolute Gasteiger partial charge is 0.248 e. The van der Waals surface area contributed by atoms with Gasteiger partial charge in [-0.25, -0.2) is 0 Å². The number of hydrogen-bond donors (Lipinski definition) is 2. The summed E-state index contributed by atoms with van der Waals surface area (Å²) in [6.45, 7) is 1.90. The summed E-state index contributed by atoms with van der Waals surface area (Å²) in [7, 11) is 0. The number of phenolic OH excluding ortho intramolecular Hbond substituents is 1. The van der Waals surface area contributed by atoms with Gasteiger partial charge in [0.15, 0.2) is 0 Å². The Bertz CT molecular complexity index is 603. The number of hydrogen-bond acceptors (Lipinski definition) is 2. The second-order valence-electron chi connectivity index (χ2n) is 4.25. The standard InChI is InChI=1S/C16H15NO2/c1-12-7-9-15(18)14(11-12)17-16(19)10-8-13-5-3-2-4-6-13/h2-11,18H,1H3,(H,17,19)/b10-8+. The number of rotatable bonds is 3. The first-order valence-electron chi connectivity index (χ1n) is 5.99. The Kier molecular flexibility index (Phi) is 3.98. The number of amides is 1. The van der Waals surface area contributed by atoms with Crippen molar-refractivity contribution in [1.29, 1.82) is 0 Å². The van der Waals surface area contributed by atoms with Crippen LogP contribution in [-0.2, 0) is 4.79 Å². The normalized spacial score (nSPS) is 10.6. The molecule has 2 aromatic rings. The van der Waals surface area contributed by atoms with E-state index in [1.807, 2.05) is 37.3 Å². The van der Waals surface area contributed by atoms with Gasteiger partial charge in [0.05, 0.1) is 5.69 Å². The van der Waals surface area contributed by atoms with Gasteiger partial charge in [-0.15, -0.1) is 0 Å². The zero-order valence-electron chi connectivity index (χ0n) is 10.6. The molecule has 0 saturated heterocycles. The monoisotopic (exact) mass is 253 g/mol. The summed E-state index contributed by atoms with van der Waals surface area (Å²) in [6, 6.07) is 14.6. The molecule has 0 heterocycles. The maximum atomic E-state index is 11.7. The van der Waals surface area contributed by atoms with E-state index in [9.17, 15) is 9.90 Å². The molecule has 0 bridgehead atoms. The van der Waals surface area contributed by atoms with Crippen LogP contribution in [-0.4, -0.2) is 11.0 Å². The number of phenols is 1. The molecular formula is C16H15NO2. The highest BCUT2D eigenvalue weighted by Gasteiger charge is 2.03. The topological polar surface area (TPSA) is 49.3 Å². The Balaban J connectivity index is 2.06. The quantitative estimate of drug-likeness (QED) is 0.651. The van der Waals surface area contributed by atoms with Crippen LogP contribution >= 0.6 is 0 Å². The highest BCUT2D eigenvalue weighted by atomic mass is 16.3. The zero-order chi connectivity index (χ0) is 13.7. The van der Waals surface area contributed by atoms with Crippen LogP contribution in [0.3, 0.4) is 0 Å². The van der Waals surface area contributed by atoms with E-state index in [-0.39, 0.29) is 11.7 Å². The van der Waals surface area contributed by atoms with Gasteiger partial charge >= 0.3 is 0 Å². The van der Waals surface area contributed by atoms with Crippen molar-refractivity contribution in [2.24, 2.45) is 0 Å². The summed E-state index contributed by atoms with van der Waals surface area (Å²) < 4.78 is 0. The maximum Gasteiger partial charge on any atom is 0.248 e. The highest BCUT2D eigenvalue weighted by Crippen LogP contribution is 2.23. The molecule has 3 heteroatoms. The molecule has 0 aliphatic heterocycles. The van der Waals surface area contributed by atoms with E-state index in [1.165, 1.54) is 6.08 Å². The van der Waals surface area contributed by atoms with Crippen LogP contribution in [0.2, 0.25) is 0 Å². The third-order valence-corrected chi connectivity index (χ3v) is 2.64. The van der Waals surface area contributed by atoms with Gasteiger partial charge in [0.1, 0.15) is 5.75 Å². The van der Waals surface area contributed by atoms with Crippen molar-refractivity contribution >= 4 is 17.7 Å². The molecule has 0 aliphatic rings. The van der Waals surface area contributed by atoms with Gasteiger partial charge < -0.3 is 10.4 Å². The van der Waals surface area contributed by atoms with Crippen LogP contribution in [0.5, 0.6) is 5.75 Å². The predicted octanol–water partition coefficient (Wildman–Crippen LogP) is 3.35. The fourth-order valence-electron chi connectivity index (χ4n) is 1.66. The minimum Gasteiger partial charge on any atom is -0.506 e. The molecule has 19 heavy (non-hydrogen) atoms. The second kappa shape index (κ2) is 5.87. The molecule has 0 saturated carbocycles. The van der Waals surface area contributed by atoms with Crippen molar-refractivity contribution in [1.82, 2.24) is 0 Å². The minimum atomic E-state index is -0.273. The van der Waals surface area contributed by atoms with E-state index in [1.54, 1.807) is 24.3 Å². The molecule has 3 nitrogen and oxygen atoms in total. The first-order chi connectivity index (χ1) is 9.15. The molecule has 0 aromatic heterocycles. The molecule has 0 atom stereocenters. The molecule has 0 fully saturated rings. The summed E-state index contributed by atoms with van der Waals surface area (Å²) in [5.41, 5.74) is 2.34. The van der Waals surface area contributed by atoms with E-state index in [2.05, 4.69) is 5.32 Å². The third kappa shape index (κ3) is 3.71. The lowest BCUT2D eigenvalue weighted by Crippen LogP contribution is -2.07. The Hall–Kier alpha value is -2.55. The first-order valence-corrected chi connectivity index (χ1v) is 5.99. The number of aromatic hydroxyl groups is 1. The van der Waals surface area contributed by atoms with Crippen molar-refractivity contribution in [3.8, 4) is 5.75 Å². The summed E-state index contributed by atoms with van der Waals surface area (Å²) in [4.78, 5) is 11.7. The number of anilines is 1. The lowest BCUT2D eigenvalue weighted by atomic mass is 10.2. The minimum absolute atomic E-state index is 0.0621. The van der Waals surface area contributed by atoms with Gasteiger partial charge in [0.2, 0.25) is 5.91 Å². The lowest BCUT2D eigenvalue weighted by Gasteiger charge is -2.05. The van der Waals surface area contributed by atoms with Crippen LogP contribution in [0, 0.1) is 6.92 Å². The number of carbonyl (C=O) groups is 1. The zero-order valence-corrected chi connectivity index (χ0v) is 10.6. The third-order valence-electron chi connectivity index (χ3n) is 2.64. The van der Waals surface area contributed by atoms with Gasteiger partial charge in [-0.1, -0.05) is 36.4 Å².